The van der Waals surface area contributed by atoms with Gasteiger partial charge in [0.05, 0.1) is 7.11 Å². The molecule has 0 spiro atoms. The number of benzene rings is 1. The lowest BCUT2D eigenvalue weighted by Gasteiger charge is -2.08. The standard InChI is InChI=1S/C18H19N5O/c1-24-15-7-5-14(6-8-15)9-11-20-17-12-18(22-13-21-17)23-16-4-2-3-10-19-16/h2-8,10,12-13H,9,11H2,1H3,(H2,19,20,21,22,23). The molecular weight excluding hydrogens is 302 g/mol. The van der Waals surface area contributed by atoms with Gasteiger partial charge >= 0.3 is 0 Å². The Morgan fingerprint density at radius 3 is 2.50 bits per heavy atom. The minimum atomic E-state index is 0.704. The highest BCUT2D eigenvalue weighted by molar-refractivity contribution is 5.55. The summed E-state index contributed by atoms with van der Waals surface area (Å²) in [6.07, 6.45) is 4.16. The van der Waals surface area contributed by atoms with Crippen molar-refractivity contribution in [1.29, 1.82) is 0 Å². The Bertz CT molecular complexity index is 762. The third-order valence-electron chi connectivity index (χ3n) is 3.47. The van der Waals surface area contributed by atoms with Crippen molar-refractivity contribution in [3.05, 3.63) is 66.6 Å². The molecule has 0 saturated heterocycles. The number of hydrogen-bond donors (Lipinski definition) is 2. The molecule has 3 aromatic rings. The lowest BCUT2D eigenvalue weighted by Crippen LogP contribution is -2.07. The van der Waals surface area contributed by atoms with Gasteiger partial charge < -0.3 is 15.4 Å². The number of methoxy groups -OCH3 is 1. The molecule has 6 heteroatoms. The van der Waals surface area contributed by atoms with Gasteiger partial charge in [0, 0.05) is 18.8 Å². The molecule has 2 heterocycles. The van der Waals surface area contributed by atoms with Crippen LogP contribution in [0.4, 0.5) is 17.5 Å². The van der Waals surface area contributed by atoms with E-state index in [1.807, 2.05) is 36.4 Å². The zero-order valence-corrected chi connectivity index (χ0v) is 13.4. The molecule has 0 bridgehead atoms. The van der Waals surface area contributed by atoms with Crippen molar-refractivity contribution in [3.63, 3.8) is 0 Å². The molecule has 0 fully saturated rings. The van der Waals surface area contributed by atoms with E-state index in [2.05, 4.69) is 37.7 Å². The summed E-state index contributed by atoms with van der Waals surface area (Å²) in [5.41, 5.74) is 1.24. The summed E-state index contributed by atoms with van der Waals surface area (Å²) in [5, 5.41) is 6.45. The molecule has 0 atom stereocenters. The molecule has 3 rings (SSSR count). The number of pyridine rings is 1. The Balaban J connectivity index is 1.54. The van der Waals surface area contributed by atoms with Gasteiger partial charge in [-0.1, -0.05) is 18.2 Å². The Labute approximate surface area is 141 Å². The van der Waals surface area contributed by atoms with Crippen molar-refractivity contribution < 1.29 is 4.74 Å². The Morgan fingerprint density at radius 2 is 1.75 bits per heavy atom. The number of aromatic nitrogens is 3. The maximum atomic E-state index is 5.16. The molecule has 0 radical (unpaired) electrons. The lowest BCUT2D eigenvalue weighted by atomic mass is 10.1. The van der Waals surface area contributed by atoms with E-state index in [0.29, 0.717) is 5.82 Å². The number of anilines is 3. The minimum absolute atomic E-state index is 0.704. The van der Waals surface area contributed by atoms with Crippen LogP contribution in [0.2, 0.25) is 0 Å². The van der Waals surface area contributed by atoms with E-state index in [-0.39, 0.29) is 0 Å². The molecule has 6 nitrogen and oxygen atoms in total. The molecule has 2 aromatic heterocycles. The van der Waals surface area contributed by atoms with Gasteiger partial charge in [-0.3, -0.25) is 0 Å². The molecule has 122 valence electrons. The second kappa shape index (κ2) is 7.92. The predicted molar refractivity (Wildman–Crippen MR) is 94.7 cm³/mol. The van der Waals surface area contributed by atoms with Gasteiger partial charge in [0.15, 0.2) is 0 Å². The summed E-state index contributed by atoms with van der Waals surface area (Å²) < 4.78 is 5.16. The van der Waals surface area contributed by atoms with Crippen LogP contribution < -0.4 is 15.4 Å². The van der Waals surface area contributed by atoms with Crippen LogP contribution in [0.15, 0.2) is 61.1 Å². The average Bonchev–Trinajstić information content (AvgIpc) is 2.63. The Kier molecular flexibility index (Phi) is 5.19. The number of nitrogens with one attached hydrogen (secondary N) is 2. The molecule has 0 amide bonds. The number of rotatable bonds is 7. The Morgan fingerprint density at radius 1 is 0.917 bits per heavy atom. The van der Waals surface area contributed by atoms with E-state index in [1.54, 1.807) is 13.3 Å². The first kappa shape index (κ1) is 15.7. The molecule has 2 N–H and O–H groups in total. The monoisotopic (exact) mass is 321 g/mol. The van der Waals surface area contributed by atoms with E-state index in [4.69, 9.17) is 4.74 Å². The van der Waals surface area contributed by atoms with Gasteiger partial charge in [0.2, 0.25) is 0 Å². The van der Waals surface area contributed by atoms with Gasteiger partial charge in [-0.2, -0.15) is 0 Å². The fraction of sp³-hybridized carbons (Fsp3) is 0.167. The van der Waals surface area contributed by atoms with Crippen molar-refractivity contribution in [1.82, 2.24) is 15.0 Å². The van der Waals surface area contributed by atoms with Gasteiger partial charge in [0.1, 0.15) is 29.5 Å². The Hall–Kier alpha value is -3.15. The van der Waals surface area contributed by atoms with Crippen molar-refractivity contribution in [3.8, 4) is 5.75 Å². The van der Waals surface area contributed by atoms with E-state index >= 15 is 0 Å². The van der Waals surface area contributed by atoms with Gasteiger partial charge in [-0.25, -0.2) is 15.0 Å². The number of nitrogens with zero attached hydrogens (tertiary/aromatic N) is 3. The highest BCUT2D eigenvalue weighted by Gasteiger charge is 2.00. The maximum Gasteiger partial charge on any atom is 0.137 e. The summed E-state index contributed by atoms with van der Waals surface area (Å²) in [6.45, 7) is 0.784. The number of ether oxygens (including phenoxy) is 1. The van der Waals surface area contributed by atoms with Gasteiger partial charge in [-0.15, -0.1) is 0 Å². The van der Waals surface area contributed by atoms with Crippen LogP contribution in [0.1, 0.15) is 5.56 Å². The highest BCUT2D eigenvalue weighted by atomic mass is 16.5. The van der Waals surface area contributed by atoms with Gasteiger partial charge in [-0.05, 0) is 36.2 Å². The van der Waals surface area contributed by atoms with Crippen LogP contribution in [0.3, 0.4) is 0 Å². The first-order chi connectivity index (χ1) is 11.8. The molecular formula is C18H19N5O. The van der Waals surface area contributed by atoms with Gasteiger partial charge in [0.25, 0.3) is 0 Å². The van der Waals surface area contributed by atoms with Crippen LogP contribution in [-0.2, 0) is 6.42 Å². The third kappa shape index (κ3) is 4.42. The molecule has 1 aromatic carbocycles. The van der Waals surface area contributed by atoms with Crippen molar-refractivity contribution >= 4 is 17.5 Å². The van der Waals surface area contributed by atoms with Crippen LogP contribution in [0.5, 0.6) is 5.75 Å². The van der Waals surface area contributed by atoms with E-state index < -0.39 is 0 Å². The maximum absolute atomic E-state index is 5.16. The van der Waals surface area contributed by atoms with Crippen LogP contribution in [-0.4, -0.2) is 28.6 Å². The van der Waals surface area contributed by atoms with E-state index in [9.17, 15) is 0 Å². The molecule has 24 heavy (non-hydrogen) atoms. The average molecular weight is 321 g/mol. The van der Waals surface area contributed by atoms with Crippen molar-refractivity contribution in [2.75, 3.05) is 24.3 Å². The normalized spacial score (nSPS) is 10.2. The zero-order chi connectivity index (χ0) is 16.6. The first-order valence-electron chi connectivity index (χ1n) is 7.70. The summed E-state index contributed by atoms with van der Waals surface area (Å²) in [4.78, 5) is 12.7. The SMILES string of the molecule is COc1ccc(CCNc2cc(Nc3ccccn3)ncn2)cc1. The highest BCUT2D eigenvalue weighted by Crippen LogP contribution is 2.14. The summed E-state index contributed by atoms with van der Waals surface area (Å²) in [6, 6.07) is 15.6. The van der Waals surface area contributed by atoms with E-state index in [1.165, 1.54) is 11.9 Å². The number of hydrogen-bond acceptors (Lipinski definition) is 6. The molecule has 0 saturated carbocycles. The second-order valence-corrected chi connectivity index (χ2v) is 5.15. The predicted octanol–water partition coefficient (Wildman–Crippen LogP) is 3.28. The van der Waals surface area contributed by atoms with Crippen LogP contribution in [0.25, 0.3) is 0 Å². The fourth-order valence-corrected chi connectivity index (χ4v) is 2.22. The summed E-state index contributed by atoms with van der Waals surface area (Å²) in [5.74, 6) is 3.10. The topological polar surface area (TPSA) is 72.0 Å². The first-order valence-corrected chi connectivity index (χ1v) is 7.70. The largest absolute Gasteiger partial charge is 0.497 e. The van der Waals surface area contributed by atoms with Crippen molar-refractivity contribution in [2.45, 2.75) is 6.42 Å². The second-order valence-electron chi connectivity index (χ2n) is 5.15. The third-order valence-corrected chi connectivity index (χ3v) is 3.47. The summed E-state index contributed by atoms with van der Waals surface area (Å²) >= 11 is 0. The smallest absolute Gasteiger partial charge is 0.137 e. The lowest BCUT2D eigenvalue weighted by molar-refractivity contribution is 0.414. The molecule has 0 unspecified atom stereocenters. The van der Waals surface area contributed by atoms with Crippen molar-refractivity contribution in [2.24, 2.45) is 0 Å². The fourth-order valence-electron chi connectivity index (χ4n) is 2.22. The summed E-state index contributed by atoms with van der Waals surface area (Å²) in [7, 11) is 1.67. The van der Waals surface area contributed by atoms with E-state index in [0.717, 1.165) is 30.4 Å². The zero-order valence-electron chi connectivity index (χ0n) is 13.4. The van der Waals surface area contributed by atoms with Crippen LogP contribution >= 0.6 is 0 Å². The quantitative estimate of drug-likeness (QED) is 0.696. The molecule has 0 aliphatic carbocycles. The minimum Gasteiger partial charge on any atom is -0.497 e. The van der Waals surface area contributed by atoms with Crippen LogP contribution in [0, 0.1) is 0 Å². The molecule has 0 aliphatic rings. The molecule has 0 aliphatic heterocycles.